The topological polar surface area (TPSA) is 22.9 Å². The van der Waals surface area contributed by atoms with Gasteiger partial charge in [-0.2, -0.15) is 0 Å². The van der Waals surface area contributed by atoms with E-state index in [1.165, 1.54) is 72.5 Å². The molecule has 3 heterocycles. The van der Waals surface area contributed by atoms with Crippen molar-refractivity contribution in [2.24, 2.45) is 0 Å². The first-order valence-corrected chi connectivity index (χ1v) is 21.9. The summed E-state index contributed by atoms with van der Waals surface area (Å²) in [5, 5.41) is 2.25. The van der Waals surface area contributed by atoms with Crippen LogP contribution in [0.25, 0.3) is 21.9 Å². The van der Waals surface area contributed by atoms with Crippen LogP contribution in [0.3, 0.4) is 0 Å². The molecule has 0 amide bonds. The highest BCUT2D eigenvalue weighted by Gasteiger charge is 2.44. The lowest BCUT2D eigenvalue weighted by atomic mass is 9.33. The second kappa shape index (κ2) is 14.0. The minimum Gasteiger partial charge on any atom is -0.454 e. The molecule has 62 heavy (non-hydrogen) atoms. The van der Waals surface area contributed by atoms with Gasteiger partial charge in [0.15, 0.2) is 5.58 Å². The zero-order valence-corrected chi connectivity index (χ0v) is 36.8. The Bertz CT molecular complexity index is 3160. The van der Waals surface area contributed by atoms with Crippen LogP contribution in [0.5, 0.6) is 0 Å². The monoisotopic (exact) mass is 803 g/mol. The summed E-state index contributed by atoms with van der Waals surface area (Å²) in [7, 11) is 0. The maximum Gasteiger partial charge on any atom is 0.252 e. The van der Waals surface area contributed by atoms with Crippen LogP contribution in [0.15, 0.2) is 162 Å². The second-order valence-corrected chi connectivity index (χ2v) is 18.6. The molecule has 9 aromatic rings. The third-order valence-electron chi connectivity index (χ3n) is 13.1. The largest absolute Gasteiger partial charge is 0.454 e. The van der Waals surface area contributed by atoms with Crippen LogP contribution >= 0.6 is 0 Å². The Morgan fingerprint density at radius 2 is 0.984 bits per heavy atom. The normalized spacial score (nSPS) is 13.1. The fraction of sp³-hybridized carbons (Fsp3) is 0.158. The second-order valence-electron chi connectivity index (χ2n) is 18.6. The molecule has 11 rings (SSSR count). The first-order valence-electron chi connectivity index (χ1n) is 21.9. The molecule has 0 N–H and O–H groups in total. The highest BCUT2D eigenvalue weighted by molar-refractivity contribution is 7.00. The van der Waals surface area contributed by atoms with Gasteiger partial charge >= 0.3 is 0 Å². The number of hydrogen-bond acceptors (Lipinski definition) is 4. The molecule has 4 nitrogen and oxygen atoms in total. The first kappa shape index (κ1) is 38.0. The standard InChI is InChI=1S/C57H50BN3O/c1-35-15-11-18-40(29-35)59-50-31-37(3)25-27-46(50)58-47-28-26-38(4)32-51(47)60(41-19-12-16-36(2)30-41)53-34-42(33-52(59)54(53)58)61(48-23-10-9-17-39(48)5)49-24-14-21-44-43-20-13-22-45(57(6,7)8)55(43)62-56(44)49/h9-34H,1-8H3. The Balaban J connectivity index is 1.29. The van der Waals surface area contributed by atoms with Gasteiger partial charge in [-0.3, -0.25) is 0 Å². The van der Waals surface area contributed by atoms with Crippen LogP contribution in [-0.4, -0.2) is 6.71 Å². The molecule has 0 atom stereocenters. The maximum atomic E-state index is 7.17. The summed E-state index contributed by atoms with van der Waals surface area (Å²) in [6.45, 7) is 17.8. The molecule has 0 saturated carbocycles. The molecule has 0 saturated heterocycles. The number of fused-ring (bicyclic) bond motifs is 7. The van der Waals surface area contributed by atoms with Gasteiger partial charge < -0.3 is 19.1 Å². The molecular formula is C57H50BN3O. The fourth-order valence-electron chi connectivity index (χ4n) is 10.2. The van der Waals surface area contributed by atoms with E-state index in [9.17, 15) is 0 Å². The van der Waals surface area contributed by atoms with Crippen molar-refractivity contribution in [2.75, 3.05) is 14.7 Å². The molecule has 0 unspecified atom stereocenters. The van der Waals surface area contributed by atoms with Gasteiger partial charge in [0, 0.05) is 56.1 Å². The van der Waals surface area contributed by atoms with E-state index in [2.05, 4.69) is 228 Å². The number of aryl methyl sites for hydroxylation is 5. The minimum absolute atomic E-state index is 0.0175. The lowest BCUT2D eigenvalue weighted by molar-refractivity contribution is 0.573. The van der Waals surface area contributed by atoms with Gasteiger partial charge in [-0.05, 0) is 145 Å². The predicted octanol–water partition coefficient (Wildman–Crippen LogP) is 14.0. The lowest BCUT2D eigenvalue weighted by Gasteiger charge is -2.45. The zero-order chi connectivity index (χ0) is 42.6. The van der Waals surface area contributed by atoms with Gasteiger partial charge in [0.25, 0.3) is 6.71 Å². The van der Waals surface area contributed by atoms with E-state index in [-0.39, 0.29) is 12.1 Å². The highest BCUT2D eigenvalue weighted by Crippen LogP contribution is 2.50. The van der Waals surface area contributed by atoms with Crippen molar-refractivity contribution >= 4 is 96.2 Å². The summed E-state index contributed by atoms with van der Waals surface area (Å²) < 4.78 is 7.17. The van der Waals surface area contributed by atoms with E-state index in [1.54, 1.807) is 0 Å². The average Bonchev–Trinajstić information content (AvgIpc) is 3.63. The third-order valence-corrected chi connectivity index (χ3v) is 13.1. The predicted molar refractivity (Wildman–Crippen MR) is 265 cm³/mol. The smallest absolute Gasteiger partial charge is 0.252 e. The molecular weight excluding hydrogens is 753 g/mol. The Labute approximate surface area is 365 Å². The SMILES string of the molecule is Cc1cccc(N2c3cc(C)ccc3B3c4ccc(C)cc4N(c4cccc(C)c4)c4cc(N(c5ccccc5C)c5cccc6c5oc5c(C(C)(C)C)cccc56)cc2c43)c1. The molecule has 0 bridgehead atoms. The summed E-state index contributed by atoms with van der Waals surface area (Å²) >= 11 is 0. The van der Waals surface area contributed by atoms with E-state index in [0.717, 1.165) is 50.4 Å². The van der Waals surface area contributed by atoms with Crippen LogP contribution in [-0.2, 0) is 5.41 Å². The lowest BCUT2D eigenvalue weighted by Crippen LogP contribution is -2.61. The molecule has 0 aliphatic carbocycles. The van der Waals surface area contributed by atoms with Gasteiger partial charge in [-0.25, -0.2) is 0 Å². The molecule has 302 valence electrons. The van der Waals surface area contributed by atoms with Crippen LogP contribution in [0.4, 0.5) is 51.2 Å². The van der Waals surface area contributed by atoms with E-state index >= 15 is 0 Å². The van der Waals surface area contributed by atoms with Crippen molar-refractivity contribution in [3.8, 4) is 0 Å². The Hall–Kier alpha value is -6.98. The van der Waals surface area contributed by atoms with Crippen molar-refractivity contribution in [3.63, 3.8) is 0 Å². The molecule has 1 aromatic heterocycles. The number of anilines is 9. The van der Waals surface area contributed by atoms with Crippen LogP contribution in [0.2, 0.25) is 0 Å². The molecule has 0 fully saturated rings. The minimum atomic E-state index is -0.0945. The molecule has 2 aliphatic heterocycles. The summed E-state index contributed by atoms with van der Waals surface area (Å²) in [5.74, 6) is 0. The quantitative estimate of drug-likeness (QED) is 0.162. The van der Waals surface area contributed by atoms with Crippen LogP contribution in [0.1, 0.15) is 54.2 Å². The number of rotatable bonds is 5. The first-order chi connectivity index (χ1) is 29.9. The van der Waals surface area contributed by atoms with E-state index in [1.807, 2.05) is 0 Å². The molecule has 8 aromatic carbocycles. The van der Waals surface area contributed by atoms with Gasteiger partial charge in [0.2, 0.25) is 0 Å². The molecule has 2 aliphatic rings. The zero-order valence-electron chi connectivity index (χ0n) is 36.8. The average molecular weight is 804 g/mol. The summed E-state index contributed by atoms with van der Waals surface area (Å²) in [5.41, 5.74) is 23.1. The van der Waals surface area contributed by atoms with E-state index in [0.29, 0.717) is 0 Å². The van der Waals surface area contributed by atoms with Crippen LogP contribution < -0.4 is 31.1 Å². The third kappa shape index (κ3) is 5.90. The maximum absolute atomic E-state index is 7.17. The number of para-hydroxylation sites is 3. The number of benzene rings is 8. The van der Waals surface area contributed by atoms with Gasteiger partial charge in [0.1, 0.15) is 5.58 Å². The van der Waals surface area contributed by atoms with Crippen molar-refractivity contribution in [2.45, 2.75) is 60.8 Å². The highest BCUT2D eigenvalue weighted by atomic mass is 16.3. The summed E-state index contributed by atoms with van der Waals surface area (Å²) in [6, 6.07) is 58.9. The Kier molecular flexibility index (Phi) is 8.60. The van der Waals surface area contributed by atoms with Crippen molar-refractivity contribution in [3.05, 3.63) is 191 Å². The molecule has 0 radical (unpaired) electrons. The summed E-state index contributed by atoms with van der Waals surface area (Å²) in [4.78, 5) is 7.49. The van der Waals surface area contributed by atoms with Crippen molar-refractivity contribution in [1.29, 1.82) is 0 Å². The number of nitrogens with zero attached hydrogens (tertiary/aromatic N) is 3. The Morgan fingerprint density at radius 3 is 1.55 bits per heavy atom. The molecule has 0 spiro atoms. The van der Waals surface area contributed by atoms with E-state index < -0.39 is 0 Å². The summed E-state index contributed by atoms with van der Waals surface area (Å²) in [6.07, 6.45) is 0. The van der Waals surface area contributed by atoms with Crippen LogP contribution in [0, 0.1) is 34.6 Å². The van der Waals surface area contributed by atoms with Crippen molar-refractivity contribution < 1.29 is 4.42 Å². The van der Waals surface area contributed by atoms with Gasteiger partial charge in [-0.1, -0.05) is 118 Å². The van der Waals surface area contributed by atoms with Gasteiger partial charge in [-0.15, -0.1) is 0 Å². The fourth-order valence-corrected chi connectivity index (χ4v) is 10.2. The Morgan fingerprint density at radius 1 is 0.468 bits per heavy atom. The van der Waals surface area contributed by atoms with Crippen molar-refractivity contribution in [1.82, 2.24) is 0 Å². The molecule has 5 heteroatoms. The number of hydrogen-bond donors (Lipinski definition) is 0. The number of furan rings is 1. The van der Waals surface area contributed by atoms with E-state index in [4.69, 9.17) is 4.42 Å². The van der Waals surface area contributed by atoms with Gasteiger partial charge in [0.05, 0.1) is 11.4 Å².